The molecule has 1 aliphatic rings. The van der Waals surface area contributed by atoms with Crippen molar-refractivity contribution < 1.29 is 9.59 Å². The summed E-state index contributed by atoms with van der Waals surface area (Å²) in [5.41, 5.74) is 1.67. The zero-order valence-corrected chi connectivity index (χ0v) is 13.9. The van der Waals surface area contributed by atoms with E-state index in [2.05, 4.69) is 24.1 Å². The smallest absolute Gasteiger partial charge is 0.255 e. The summed E-state index contributed by atoms with van der Waals surface area (Å²) in [7, 11) is 0. The minimum atomic E-state index is -0.507. The van der Waals surface area contributed by atoms with Crippen LogP contribution in [0.3, 0.4) is 0 Å². The van der Waals surface area contributed by atoms with Gasteiger partial charge in [0.1, 0.15) is 11.9 Å². The first-order valence-electron chi connectivity index (χ1n) is 8.17. The molecule has 1 atom stereocenters. The van der Waals surface area contributed by atoms with E-state index in [4.69, 9.17) is 0 Å². The van der Waals surface area contributed by atoms with Crippen molar-refractivity contribution in [2.45, 2.75) is 32.9 Å². The topological polar surface area (TPSA) is 62.3 Å². The number of nitrogens with one attached hydrogen (secondary N) is 1. The van der Waals surface area contributed by atoms with E-state index in [9.17, 15) is 9.59 Å². The summed E-state index contributed by atoms with van der Waals surface area (Å²) in [6.45, 7) is 4.57. The third-order valence-corrected chi connectivity index (χ3v) is 4.14. The molecular weight excluding hydrogens is 302 g/mol. The largest absolute Gasteiger partial charge is 0.322 e. The highest BCUT2D eigenvalue weighted by Gasteiger charge is 2.36. The van der Waals surface area contributed by atoms with E-state index in [1.165, 1.54) is 0 Å². The maximum Gasteiger partial charge on any atom is 0.255 e. The maximum atomic E-state index is 12.8. The van der Waals surface area contributed by atoms with Crippen molar-refractivity contribution in [2.24, 2.45) is 5.92 Å². The van der Waals surface area contributed by atoms with Crippen molar-refractivity contribution in [1.29, 1.82) is 0 Å². The van der Waals surface area contributed by atoms with Gasteiger partial charge in [0.15, 0.2) is 0 Å². The van der Waals surface area contributed by atoms with Crippen LogP contribution in [-0.2, 0) is 11.3 Å². The first kappa shape index (κ1) is 16.2. The van der Waals surface area contributed by atoms with E-state index in [0.29, 0.717) is 30.3 Å². The third-order valence-electron chi connectivity index (χ3n) is 4.14. The lowest BCUT2D eigenvalue weighted by Gasteiger charge is -2.28. The zero-order chi connectivity index (χ0) is 17.1. The molecular formula is C19H21N3O2. The summed E-state index contributed by atoms with van der Waals surface area (Å²) in [5, 5.41) is 2.83. The molecule has 0 radical (unpaired) electrons. The molecule has 1 N–H and O–H groups in total. The molecule has 2 aromatic rings. The molecule has 124 valence electrons. The quantitative estimate of drug-likeness (QED) is 0.920. The summed E-state index contributed by atoms with van der Waals surface area (Å²) in [6, 6.07) is 12.4. The predicted octanol–water partition coefficient (Wildman–Crippen LogP) is 3.09. The van der Waals surface area contributed by atoms with E-state index in [1.807, 2.05) is 30.3 Å². The average Bonchev–Trinajstić information content (AvgIpc) is 2.90. The van der Waals surface area contributed by atoms with Crippen LogP contribution in [0, 0.1) is 5.92 Å². The number of hydrogen-bond acceptors (Lipinski definition) is 3. The van der Waals surface area contributed by atoms with Crippen molar-refractivity contribution >= 4 is 17.6 Å². The lowest BCUT2D eigenvalue weighted by Crippen LogP contribution is -2.45. The Morgan fingerprint density at radius 3 is 2.62 bits per heavy atom. The predicted molar refractivity (Wildman–Crippen MR) is 92.4 cm³/mol. The van der Waals surface area contributed by atoms with Crippen molar-refractivity contribution in [3.8, 4) is 0 Å². The Bertz CT molecular complexity index is 743. The van der Waals surface area contributed by atoms with Crippen molar-refractivity contribution in [2.75, 3.05) is 5.32 Å². The molecule has 1 aromatic heterocycles. The monoisotopic (exact) mass is 323 g/mol. The fourth-order valence-electron chi connectivity index (χ4n) is 3.00. The number of rotatable bonds is 5. The molecule has 2 amide bonds. The number of aromatic nitrogens is 1. The summed E-state index contributed by atoms with van der Waals surface area (Å²) in [6.07, 6.45) is 2.24. The highest BCUT2D eigenvalue weighted by molar-refractivity contribution is 6.03. The molecule has 24 heavy (non-hydrogen) atoms. The van der Waals surface area contributed by atoms with Gasteiger partial charge in [-0.2, -0.15) is 0 Å². The summed E-state index contributed by atoms with van der Waals surface area (Å²) in [4.78, 5) is 31.3. The van der Waals surface area contributed by atoms with Gasteiger partial charge in [-0.15, -0.1) is 0 Å². The fourth-order valence-corrected chi connectivity index (χ4v) is 3.00. The first-order chi connectivity index (χ1) is 11.6. The number of hydrogen-bond donors (Lipinski definition) is 1. The molecule has 0 bridgehead atoms. The van der Waals surface area contributed by atoms with Gasteiger partial charge in [-0.3, -0.25) is 9.59 Å². The van der Waals surface area contributed by atoms with Gasteiger partial charge in [0.25, 0.3) is 5.91 Å². The molecule has 1 unspecified atom stereocenters. The van der Waals surface area contributed by atoms with Gasteiger partial charge < -0.3 is 10.2 Å². The van der Waals surface area contributed by atoms with Crippen LogP contribution in [0.15, 0.2) is 48.7 Å². The normalized spacial score (nSPS) is 14.6. The van der Waals surface area contributed by atoms with Crippen LogP contribution in [0.1, 0.15) is 36.2 Å². The second-order valence-electron chi connectivity index (χ2n) is 6.44. The number of nitrogens with zero attached hydrogens (tertiary/aromatic N) is 2. The van der Waals surface area contributed by atoms with Gasteiger partial charge >= 0.3 is 0 Å². The van der Waals surface area contributed by atoms with Crippen LogP contribution < -0.4 is 5.32 Å². The molecule has 1 aliphatic heterocycles. The molecule has 0 fully saturated rings. The Morgan fingerprint density at radius 2 is 1.96 bits per heavy atom. The molecule has 1 aromatic carbocycles. The van der Waals surface area contributed by atoms with Crippen LogP contribution in [0.25, 0.3) is 0 Å². The Kier molecular flexibility index (Phi) is 4.60. The average molecular weight is 323 g/mol. The van der Waals surface area contributed by atoms with Crippen LogP contribution >= 0.6 is 0 Å². The Balaban J connectivity index is 1.82. The second-order valence-corrected chi connectivity index (χ2v) is 6.44. The number of pyridine rings is 1. The van der Waals surface area contributed by atoms with Gasteiger partial charge in [-0.1, -0.05) is 38.1 Å². The fraction of sp³-hybridized carbons (Fsp3) is 0.316. The van der Waals surface area contributed by atoms with Crippen LogP contribution in [-0.4, -0.2) is 27.7 Å². The minimum absolute atomic E-state index is 0.0765. The molecule has 5 nitrogen and oxygen atoms in total. The Labute approximate surface area is 141 Å². The van der Waals surface area contributed by atoms with Crippen molar-refractivity contribution in [3.05, 3.63) is 59.8 Å². The van der Waals surface area contributed by atoms with Crippen molar-refractivity contribution in [1.82, 2.24) is 9.88 Å². The number of anilines is 1. The number of benzene rings is 1. The van der Waals surface area contributed by atoms with E-state index in [1.54, 1.807) is 23.2 Å². The van der Waals surface area contributed by atoms with Crippen LogP contribution in [0.5, 0.6) is 0 Å². The Hall–Kier alpha value is -2.69. The molecule has 0 aliphatic carbocycles. The molecule has 2 heterocycles. The summed E-state index contributed by atoms with van der Waals surface area (Å²) < 4.78 is 0. The van der Waals surface area contributed by atoms with Crippen LogP contribution in [0.2, 0.25) is 0 Å². The first-order valence-corrected chi connectivity index (χ1v) is 8.17. The third kappa shape index (κ3) is 3.30. The number of carbonyl (C=O) groups excluding carboxylic acids is 2. The number of fused-ring (bicyclic) bond motifs is 1. The SMILES string of the molecule is CC(C)CC(C(=O)Nc1ccccn1)N1Cc2ccccc2C1=O. The van der Waals surface area contributed by atoms with Crippen molar-refractivity contribution in [3.63, 3.8) is 0 Å². The molecule has 0 spiro atoms. The zero-order valence-electron chi connectivity index (χ0n) is 13.9. The second kappa shape index (κ2) is 6.83. The van der Waals surface area contributed by atoms with Gasteiger partial charge in [0.2, 0.25) is 5.91 Å². The molecule has 0 saturated heterocycles. The van der Waals surface area contributed by atoms with E-state index >= 15 is 0 Å². The van der Waals surface area contributed by atoms with Gasteiger partial charge in [-0.05, 0) is 36.1 Å². The van der Waals surface area contributed by atoms with Gasteiger partial charge in [-0.25, -0.2) is 4.98 Å². The van der Waals surface area contributed by atoms with E-state index in [0.717, 1.165) is 5.56 Å². The van der Waals surface area contributed by atoms with E-state index < -0.39 is 6.04 Å². The molecule has 3 rings (SSSR count). The minimum Gasteiger partial charge on any atom is -0.322 e. The highest BCUT2D eigenvalue weighted by Crippen LogP contribution is 2.27. The molecule has 5 heteroatoms. The number of carbonyl (C=O) groups is 2. The maximum absolute atomic E-state index is 12.8. The van der Waals surface area contributed by atoms with E-state index in [-0.39, 0.29) is 11.8 Å². The Morgan fingerprint density at radius 1 is 1.21 bits per heavy atom. The highest BCUT2D eigenvalue weighted by atomic mass is 16.2. The standard InChI is InChI=1S/C19H21N3O2/c1-13(2)11-16(18(23)21-17-9-5-6-10-20-17)22-12-14-7-3-4-8-15(14)19(22)24/h3-10,13,16H,11-12H2,1-2H3,(H,20,21,23). The lowest BCUT2D eigenvalue weighted by atomic mass is 10.0. The molecule has 0 saturated carbocycles. The summed E-state index contributed by atoms with van der Waals surface area (Å²) >= 11 is 0. The van der Waals surface area contributed by atoms with Crippen LogP contribution in [0.4, 0.5) is 5.82 Å². The summed E-state index contributed by atoms with van der Waals surface area (Å²) in [5.74, 6) is 0.525. The lowest BCUT2D eigenvalue weighted by molar-refractivity contribution is -0.121. The number of amides is 2. The van der Waals surface area contributed by atoms with Gasteiger partial charge in [0, 0.05) is 18.3 Å². The van der Waals surface area contributed by atoms with Gasteiger partial charge in [0.05, 0.1) is 0 Å².